The Hall–Kier alpha value is -2.56. The predicted octanol–water partition coefficient (Wildman–Crippen LogP) is 3.00. The summed E-state index contributed by atoms with van der Waals surface area (Å²) in [6, 6.07) is 7.98. The van der Waals surface area contributed by atoms with Crippen molar-refractivity contribution in [3.63, 3.8) is 0 Å². The summed E-state index contributed by atoms with van der Waals surface area (Å²) in [5.74, 6) is -1.38. The lowest BCUT2D eigenvalue weighted by molar-refractivity contribution is 0.0692. The molecular formula is C13H9FN2O2. The Morgan fingerprint density at radius 3 is 2.83 bits per heavy atom. The number of halogens is 1. The average Bonchev–Trinajstić information content (AvgIpc) is 2.95. The van der Waals surface area contributed by atoms with Crippen LogP contribution in [0.25, 0.3) is 22.2 Å². The molecule has 0 aliphatic heterocycles. The van der Waals surface area contributed by atoms with Crippen LogP contribution in [-0.2, 0) is 0 Å². The maximum Gasteiger partial charge on any atom is 0.353 e. The van der Waals surface area contributed by atoms with Gasteiger partial charge in [-0.25, -0.2) is 9.18 Å². The maximum atomic E-state index is 13.6. The number of hydrogen-bond donors (Lipinski definition) is 3. The molecule has 4 nitrogen and oxygen atoms in total. The van der Waals surface area contributed by atoms with Gasteiger partial charge >= 0.3 is 5.97 Å². The molecule has 0 bridgehead atoms. The summed E-state index contributed by atoms with van der Waals surface area (Å²) in [6.07, 6.45) is 1.54. The molecule has 0 unspecified atom stereocenters. The van der Waals surface area contributed by atoms with E-state index in [1.807, 2.05) is 0 Å². The molecule has 0 aliphatic carbocycles. The molecule has 90 valence electrons. The zero-order valence-electron chi connectivity index (χ0n) is 9.20. The van der Waals surface area contributed by atoms with Gasteiger partial charge in [0, 0.05) is 28.4 Å². The minimum absolute atomic E-state index is 0.0852. The van der Waals surface area contributed by atoms with Crippen molar-refractivity contribution in [2.75, 3.05) is 0 Å². The van der Waals surface area contributed by atoms with Gasteiger partial charge in [0.2, 0.25) is 0 Å². The number of rotatable bonds is 2. The van der Waals surface area contributed by atoms with E-state index in [1.54, 1.807) is 30.5 Å². The summed E-state index contributed by atoms with van der Waals surface area (Å²) >= 11 is 0. The molecule has 3 rings (SSSR count). The summed E-state index contributed by atoms with van der Waals surface area (Å²) in [5.41, 5.74) is 1.82. The molecule has 1 aromatic carbocycles. The quantitative estimate of drug-likeness (QED) is 0.648. The summed E-state index contributed by atoms with van der Waals surface area (Å²) < 4.78 is 13.6. The third-order valence-electron chi connectivity index (χ3n) is 2.86. The van der Waals surface area contributed by atoms with Crippen molar-refractivity contribution in [3.05, 3.63) is 48.0 Å². The van der Waals surface area contributed by atoms with E-state index in [-0.39, 0.29) is 11.5 Å². The van der Waals surface area contributed by atoms with E-state index in [1.165, 1.54) is 6.07 Å². The topological polar surface area (TPSA) is 68.9 Å². The van der Waals surface area contributed by atoms with Crippen LogP contribution in [0.5, 0.6) is 0 Å². The molecule has 0 aliphatic rings. The Kier molecular flexibility index (Phi) is 2.19. The Balaban J connectivity index is 2.23. The molecule has 2 aromatic heterocycles. The van der Waals surface area contributed by atoms with Crippen molar-refractivity contribution in [1.82, 2.24) is 9.97 Å². The highest BCUT2D eigenvalue weighted by Crippen LogP contribution is 2.27. The number of aromatic nitrogens is 2. The number of fused-ring (bicyclic) bond motifs is 1. The normalized spacial score (nSPS) is 10.9. The number of aromatic carboxylic acids is 1. The number of H-pyrrole nitrogens is 2. The van der Waals surface area contributed by atoms with E-state index >= 15 is 0 Å². The molecule has 3 aromatic rings. The number of hydrogen-bond acceptors (Lipinski definition) is 1. The van der Waals surface area contributed by atoms with Crippen LogP contribution in [-0.4, -0.2) is 21.0 Å². The second kappa shape index (κ2) is 3.73. The molecule has 18 heavy (non-hydrogen) atoms. The van der Waals surface area contributed by atoms with Gasteiger partial charge in [-0.1, -0.05) is 6.07 Å². The molecular weight excluding hydrogens is 235 g/mol. The van der Waals surface area contributed by atoms with Gasteiger partial charge in [0.1, 0.15) is 11.5 Å². The van der Waals surface area contributed by atoms with Crippen LogP contribution in [0.3, 0.4) is 0 Å². The van der Waals surface area contributed by atoms with E-state index in [2.05, 4.69) is 9.97 Å². The Morgan fingerprint density at radius 2 is 2.11 bits per heavy atom. The average molecular weight is 244 g/mol. The number of benzene rings is 1. The van der Waals surface area contributed by atoms with Crippen LogP contribution in [0.15, 0.2) is 36.5 Å². The lowest BCUT2D eigenvalue weighted by atomic mass is 10.1. The lowest BCUT2D eigenvalue weighted by Gasteiger charge is -1.95. The van der Waals surface area contributed by atoms with Crippen molar-refractivity contribution < 1.29 is 14.3 Å². The van der Waals surface area contributed by atoms with Gasteiger partial charge < -0.3 is 15.1 Å². The highest BCUT2D eigenvalue weighted by atomic mass is 19.1. The zero-order valence-corrected chi connectivity index (χ0v) is 9.20. The van der Waals surface area contributed by atoms with Crippen LogP contribution in [0.1, 0.15) is 10.5 Å². The largest absolute Gasteiger partial charge is 0.477 e. The fourth-order valence-corrected chi connectivity index (χ4v) is 2.03. The molecule has 5 heteroatoms. The van der Waals surface area contributed by atoms with Crippen molar-refractivity contribution in [2.24, 2.45) is 0 Å². The minimum atomic E-state index is -1.05. The lowest BCUT2D eigenvalue weighted by Crippen LogP contribution is -1.98. The van der Waals surface area contributed by atoms with E-state index in [0.717, 1.165) is 0 Å². The van der Waals surface area contributed by atoms with E-state index in [0.29, 0.717) is 22.2 Å². The van der Waals surface area contributed by atoms with Crippen LogP contribution >= 0.6 is 0 Å². The monoisotopic (exact) mass is 244 g/mol. The van der Waals surface area contributed by atoms with Crippen LogP contribution in [0.4, 0.5) is 4.39 Å². The first-order valence-corrected chi connectivity index (χ1v) is 5.35. The molecule has 0 radical (unpaired) electrons. The minimum Gasteiger partial charge on any atom is -0.477 e. The zero-order chi connectivity index (χ0) is 12.7. The molecule has 3 N–H and O–H groups in total. The number of carboxylic acids is 1. The summed E-state index contributed by atoms with van der Waals surface area (Å²) in [7, 11) is 0. The standard InChI is InChI=1S/C13H9FN2O2/c14-9-2-1-3-10-8(9)6-11(16-10)7-4-5-15-12(7)13(17)18/h1-6,15-16H,(H,17,18). The molecule has 0 fully saturated rings. The van der Waals surface area contributed by atoms with Gasteiger partial charge in [0.15, 0.2) is 0 Å². The number of carbonyl (C=O) groups is 1. The number of aromatic amines is 2. The Labute approximate surface area is 101 Å². The maximum absolute atomic E-state index is 13.6. The second-order valence-corrected chi connectivity index (χ2v) is 3.96. The molecule has 0 spiro atoms. The predicted molar refractivity (Wildman–Crippen MR) is 65.0 cm³/mol. The summed E-state index contributed by atoms with van der Waals surface area (Å²) in [4.78, 5) is 16.7. The fourth-order valence-electron chi connectivity index (χ4n) is 2.03. The van der Waals surface area contributed by atoms with E-state index in [9.17, 15) is 9.18 Å². The summed E-state index contributed by atoms with van der Waals surface area (Å²) in [6.45, 7) is 0. The van der Waals surface area contributed by atoms with Crippen molar-refractivity contribution in [3.8, 4) is 11.3 Å². The van der Waals surface area contributed by atoms with Crippen LogP contribution < -0.4 is 0 Å². The third-order valence-corrected chi connectivity index (χ3v) is 2.86. The fraction of sp³-hybridized carbons (Fsp3) is 0. The molecule has 0 saturated heterocycles. The Morgan fingerprint density at radius 1 is 1.28 bits per heavy atom. The molecule has 2 heterocycles. The summed E-state index contributed by atoms with van der Waals surface area (Å²) in [5, 5.41) is 9.48. The first kappa shape index (κ1) is 10.6. The van der Waals surface area contributed by atoms with Gasteiger partial charge in [0.25, 0.3) is 0 Å². The second-order valence-electron chi connectivity index (χ2n) is 3.96. The van der Waals surface area contributed by atoms with Gasteiger partial charge in [-0.05, 0) is 24.3 Å². The van der Waals surface area contributed by atoms with E-state index < -0.39 is 5.97 Å². The molecule has 0 saturated carbocycles. The van der Waals surface area contributed by atoms with Crippen LogP contribution in [0.2, 0.25) is 0 Å². The van der Waals surface area contributed by atoms with E-state index in [4.69, 9.17) is 5.11 Å². The van der Waals surface area contributed by atoms with Crippen molar-refractivity contribution in [1.29, 1.82) is 0 Å². The van der Waals surface area contributed by atoms with Crippen molar-refractivity contribution >= 4 is 16.9 Å². The highest BCUT2D eigenvalue weighted by molar-refractivity contribution is 5.96. The number of nitrogens with one attached hydrogen (secondary N) is 2. The Bertz CT molecular complexity index is 742. The first-order chi connectivity index (χ1) is 8.66. The van der Waals surface area contributed by atoms with Crippen molar-refractivity contribution in [2.45, 2.75) is 0 Å². The van der Waals surface area contributed by atoms with Crippen LogP contribution in [0, 0.1) is 5.82 Å². The third kappa shape index (κ3) is 1.48. The highest BCUT2D eigenvalue weighted by Gasteiger charge is 2.15. The van der Waals surface area contributed by atoms with Gasteiger partial charge in [0.05, 0.1) is 0 Å². The van der Waals surface area contributed by atoms with Gasteiger partial charge in [-0.3, -0.25) is 0 Å². The smallest absolute Gasteiger partial charge is 0.353 e. The SMILES string of the molecule is O=C(O)c1[nH]ccc1-c1cc2c(F)cccc2[nH]1. The van der Waals surface area contributed by atoms with Gasteiger partial charge in [-0.2, -0.15) is 0 Å². The number of carboxylic acid groups (broad SMARTS) is 1. The first-order valence-electron chi connectivity index (χ1n) is 5.35. The molecule has 0 atom stereocenters. The molecule has 0 amide bonds. The van der Waals surface area contributed by atoms with Gasteiger partial charge in [-0.15, -0.1) is 0 Å².